The van der Waals surface area contributed by atoms with Crippen molar-refractivity contribution in [1.82, 2.24) is 9.88 Å². The smallest absolute Gasteiger partial charge is 0.229 e. The van der Waals surface area contributed by atoms with Gasteiger partial charge in [0.1, 0.15) is 23.8 Å². The van der Waals surface area contributed by atoms with Crippen LogP contribution in [0.3, 0.4) is 0 Å². The average molecular weight is 423 g/mol. The Morgan fingerprint density at radius 3 is 2.84 bits per heavy atom. The summed E-state index contributed by atoms with van der Waals surface area (Å²) in [7, 11) is 0. The van der Waals surface area contributed by atoms with Crippen LogP contribution >= 0.6 is 0 Å². The number of amides is 1. The number of benzene rings is 1. The number of ether oxygens (including phenoxy) is 1. The van der Waals surface area contributed by atoms with E-state index in [4.69, 9.17) is 10.00 Å². The highest BCUT2D eigenvalue weighted by Crippen LogP contribution is 2.63. The molecule has 6 rings (SSSR count). The van der Waals surface area contributed by atoms with E-state index in [-0.39, 0.29) is 30.6 Å². The molecule has 160 valence electrons. The topological polar surface area (TPSA) is 66.2 Å². The molecule has 3 unspecified atom stereocenters. The maximum absolute atomic E-state index is 14.3. The van der Waals surface area contributed by atoms with Gasteiger partial charge in [-0.1, -0.05) is 18.2 Å². The van der Waals surface area contributed by atoms with E-state index < -0.39 is 17.6 Å². The predicted molar refractivity (Wildman–Crippen MR) is 108 cm³/mol. The van der Waals surface area contributed by atoms with Crippen molar-refractivity contribution in [1.29, 1.82) is 5.26 Å². The Morgan fingerprint density at radius 1 is 1.26 bits per heavy atom. The van der Waals surface area contributed by atoms with Gasteiger partial charge in [0, 0.05) is 12.5 Å². The van der Waals surface area contributed by atoms with Gasteiger partial charge < -0.3 is 9.64 Å². The number of hydrogen-bond donors (Lipinski definition) is 0. The predicted octanol–water partition coefficient (Wildman–Crippen LogP) is 4.20. The number of carbonyl (C=O) groups excluding carboxylic acids is 1. The lowest BCUT2D eigenvalue weighted by Crippen LogP contribution is -2.46. The number of nitrogens with zero attached hydrogens (tertiary/aromatic N) is 3. The summed E-state index contributed by atoms with van der Waals surface area (Å²) in [6.45, 7) is 0.513. The lowest BCUT2D eigenvalue weighted by atomic mass is 9.68. The van der Waals surface area contributed by atoms with E-state index in [1.54, 1.807) is 35.2 Å². The number of rotatable bonds is 5. The lowest BCUT2D eigenvalue weighted by molar-refractivity contribution is -0.147. The van der Waals surface area contributed by atoms with Crippen LogP contribution < -0.4 is 4.74 Å². The van der Waals surface area contributed by atoms with Crippen molar-refractivity contribution in [3.8, 4) is 11.9 Å². The first-order chi connectivity index (χ1) is 15.0. The summed E-state index contributed by atoms with van der Waals surface area (Å²) >= 11 is 0. The molecule has 4 fully saturated rings. The van der Waals surface area contributed by atoms with Crippen LogP contribution in [0.2, 0.25) is 0 Å². The fourth-order valence-electron chi connectivity index (χ4n) is 5.66. The van der Waals surface area contributed by atoms with Gasteiger partial charge in [-0.3, -0.25) is 4.79 Å². The molecule has 3 atom stereocenters. The number of alkyl halides is 1. The zero-order valence-corrected chi connectivity index (χ0v) is 17.0. The van der Waals surface area contributed by atoms with Crippen LogP contribution in [0, 0.1) is 34.4 Å². The molecule has 4 aliphatic rings. The highest BCUT2D eigenvalue weighted by molar-refractivity contribution is 5.85. The molecule has 1 aliphatic heterocycles. The Balaban J connectivity index is 1.27. The van der Waals surface area contributed by atoms with Crippen LogP contribution in [0.1, 0.15) is 43.0 Å². The third-order valence-corrected chi connectivity index (χ3v) is 7.11. The highest BCUT2D eigenvalue weighted by Gasteiger charge is 2.62. The average Bonchev–Trinajstić information content (AvgIpc) is 3.43. The fraction of sp³-hybridized carbons (Fsp3) is 0.458. The van der Waals surface area contributed by atoms with E-state index in [0.717, 1.165) is 12.8 Å². The van der Waals surface area contributed by atoms with E-state index >= 15 is 0 Å². The minimum Gasteiger partial charge on any atom is -0.477 e. The molecule has 0 N–H and O–H groups in total. The summed E-state index contributed by atoms with van der Waals surface area (Å²) in [6.07, 6.45) is 1.40. The molecule has 7 heteroatoms. The zero-order chi connectivity index (χ0) is 21.6. The van der Waals surface area contributed by atoms with Crippen molar-refractivity contribution < 1.29 is 18.3 Å². The Hall–Kier alpha value is -3.01. The van der Waals surface area contributed by atoms with Crippen molar-refractivity contribution in [2.24, 2.45) is 17.3 Å². The molecule has 2 bridgehead atoms. The van der Waals surface area contributed by atoms with Gasteiger partial charge in [-0.05, 0) is 54.9 Å². The summed E-state index contributed by atoms with van der Waals surface area (Å²) < 4.78 is 33.8. The fourth-order valence-corrected chi connectivity index (χ4v) is 5.66. The molecule has 31 heavy (non-hydrogen) atoms. The summed E-state index contributed by atoms with van der Waals surface area (Å²) in [4.78, 5) is 19.3. The van der Waals surface area contributed by atoms with Gasteiger partial charge in [-0.2, -0.15) is 5.26 Å². The summed E-state index contributed by atoms with van der Waals surface area (Å²) in [6, 6.07) is 12.8. The van der Waals surface area contributed by atoms with E-state index in [1.165, 1.54) is 12.1 Å². The third kappa shape index (κ3) is 3.54. The number of halogens is 2. The number of carbonyl (C=O) groups is 1. The number of fused-ring (bicyclic) bond motifs is 1. The first-order valence-corrected chi connectivity index (χ1v) is 10.7. The maximum Gasteiger partial charge on any atom is 0.229 e. The van der Waals surface area contributed by atoms with E-state index in [2.05, 4.69) is 4.98 Å². The Bertz CT molecular complexity index is 1050. The molecule has 0 radical (unpaired) electrons. The first-order valence-electron chi connectivity index (χ1n) is 10.7. The van der Waals surface area contributed by atoms with Gasteiger partial charge in [0.05, 0.1) is 24.6 Å². The standard InChI is InChI=1S/C24H23F2N3O2/c25-18-4-1-3-15(7-18)21-8-19(26)13-29(21)23(30)24-9-16(10-24)17(11-24)14-31-22-6-2-5-20(12-27)28-22/h1-7,16-17,19,21H,8-11,13-14H2. The molecule has 1 saturated heterocycles. The van der Waals surface area contributed by atoms with Crippen molar-refractivity contribution in [3.05, 3.63) is 59.5 Å². The van der Waals surface area contributed by atoms with Crippen molar-refractivity contribution in [2.75, 3.05) is 13.2 Å². The molecular weight excluding hydrogens is 400 g/mol. The second-order valence-electron chi connectivity index (χ2n) is 9.06. The minimum absolute atomic E-state index is 0.00901. The summed E-state index contributed by atoms with van der Waals surface area (Å²) in [5.74, 6) is 0.661. The van der Waals surface area contributed by atoms with Gasteiger partial charge in [-0.25, -0.2) is 13.8 Å². The molecule has 0 spiro atoms. The molecule has 1 amide bonds. The Morgan fingerprint density at radius 2 is 2.06 bits per heavy atom. The molecule has 2 heterocycles. The minimum atomic E-state index is -1.09. The van der Waals surface area contributed by atoms with E-state index in [0.29, 0.717) is 36.1 Å². The highest BCUT2D eigenvalue weighted by atomic mass is 19.1. The molecule has 3 saturated carbocycles. The van der Waals surface area contributed by atoms with Crippen molar-refractivity contribution >= 4 is 5.91 Å². The van der Waals surface area contributed by atoms with Crippen LogP contribution in [-0.4, -0.2) is 35.1 Å². The number of nitriles is 1. The first kappa shape index (κ1) is 19.9. The van der Waals surface area contributed by atoms with E-state index in [9.17, 15) is 13.6 Å². The van der Waals surface area contributed by atoms with Gasteiger partial charge in [-0.15, -0.1) is 0 Å². The molecular formula is C24H23F2N3O2. The van der Waals surface area contributed by atoms with E-state index in [1.807, 2.05) is 6.07 Å². The molecule has 2 aromatic rings. The molecule has 5 nitrogen and oxygen atoms in total. The van der Waals surface area contributed by atoms with Gasteiger partial charge in [0.25, 0.3) is 0 Å². The Kier molecular flexibility index (Phi) is 4.88. The van der Waals surface area contributed by atoms with Crippen LogP contribution in [0.5, 0.6) is 5.88 Å². The number of likely N-dealkylation sites (tertiary alicyclic amines) is 1. The lowest BCUT2D eigenvalue weighted by Gasteiger charge is -2.41. The molecule has 3 aliphatic carbocycles. The maximum atomic E-state index is 14.3. The normalized spacial score (nSPS) is 31.2. The van der Waals surface area contributed by atoms with Gasteiger partial charge in [0.15, 0.2) is 0 Å². The van der Waals surface area contributed by atoms with Crippen LogP contribution in [-0.2, 0) is 4.79 Å². The Labute approximate surface area is 179 Å². The largest absolute Gasteiger partial charge is 0.477 e. The van der Waals surface area contributed by atoms with Gasteiger partial charge >= 0.3 is 0 Å². The quantitative estimate of drug-likeness (QED) is 0.723. The van der Waals surface area contributed by atoms with Gasteiger partial charge in [0.2, 0.25) is 11.8 Å². The summed E-state index contributed by atoms with van der Waals surface area (Å²) in [5, 5.41) is 8.97. The van der Waals surface area contributed by atoms with Crippen molar-refractivity contribution in [2.45, 2.75) is 37.9 Å². The SMILES string of the molecule is N#Cc1cccc(OCC2CC3(C(=O)N4CC(F)CC4c4cccc(F)c4)CC2C3)n1. The number of pyridine rings is 1. The van der Waals surface area contributed by atoms with Crippen molar-refractivity contribution in [3.63, 3.8) is 0 Å². The van der Waals surface area contributed by atoms with Crippen LogP contribution in [0.4, 0.5) is 8.78 Å². The monoisotopic (exact) mass is 423 g/mol. The third-order valence-electron chi connectivity index (χ3n) is 7.11. The number of hydrogen-bond acceptors (Lipinski definition) is 4. The number of aromatic nitrogens is 1. The second kappa shape index (κ2) is 7.60. The van der Waals surface area contributed by atoms with Crippen LogP contribution in [0.25, 0.3) is 0 Å². The second-order valence-corrected chi connectivity index (χ2v) is 9.06. The van der Waals surface area contributed by atoms with Crippen LogP contribution in [0.15, 0.2) is 42.5 Å². The molecule has 1 aromatic carbocycles. The summed E-state index contributed by atoms with van der Waals surface area (Å²) in [5.41, 5.74) is 0.496. The molecule has 1 aromatic heterocycles. The zero-order valence-electron chi connectivity index (χ0n) is 17.0.